The summed E-state index contributed by atoms with van der Waals surface area (Å²) in [6, 6.07) is 14.5. The van der Waals surface area contributed by atoms with Gasteiger partial charge in [-0.05, 0) is 49.1 Å². The number of benzene rings is 2. The highest BCUT2D eigenvalue weighted by molar-refractivity contribution is 5.28. The van der Waals surface area contributed by atoms with Gasteiger partial charge in [-0.15, -0.1) is 0 Å². The van der Waals surface area contributed by atoms with E-state index in [0.29, 0.717) is 6.61 Å². The first-order valence-electron chi connectivity index (χ1n) is 10.1. The molecule has 2 aromatic carbocycles. The highest BCUT2D eigenvalue weighted by Gasteiger charge is 2.38. The zero-order chi connectivity index (χ0) is 19.3. The van der Waals surface area contributed by atoms with Crippen LogP contribution in [0.5, 0.6) is 5.75 Å². The molecule has 2 aliphatic heterocycles. The van der Waals surface area contributed by atoms with Crippen LogP contribution in [0, 0.1) is 5.82 Å². The van der Waals surface area contributed by atoms with Gasteiger partial charge in [0.2, 0.25) is 0 Å². The van der Waals surface area contributed by atoms with Gasteiger partial charge < -0.3 is 18.9 Å². The minimum atomic E-state index is -0.378. The average molecular weight is 386 g/mol. The molecule has 2 aromatic rings. The Kier molecular flexibility index (Phi) is 6.25. The van der Waals surface area contributed by atoms with Crippen LogP contribution in [-0.2, 0) is 14.2 Å². The summed E-state index contributed by atoms with van der Waals surface area (Å²) in [5.41, 5.74) is 1.99. The lowest BCUT2D eigenvalue weighted by Gasteiger charge is -2.42. The lowest BCUT2D eigenvalue weighted by atomic mass is 9.96. The van der Waals surface area contributed by atoms with Crippen LogP contribution in [-0.4, -0.2) is 25.4 Å². The number of unbranched alkanes of at least 4 members (excludes halogenated alkanes) is 1. The average Bonchev–Trinajstić information content (AvgIpc) is 2.74. The first-order valence-corrected chi connectivity index (χ1v) is 10.1. The molecule has 1 unspecified atom stereocenters. The smallest absolute Gasteiger partial charge is 0.184 e. The first-order chi connectivity index (χ1) is 13.7. The standard InChI is InChI=1S/C23H27FO4/c1-2-3-14-25-19-10-6-17(7-11-19)23-26-15-22-21(28-23)13-12-20(27-22)16-4-8-18(24)9-5-16/h4-11,20-23H,2-3,12-15H2,1H3/t20-,21+,22-,23?/m1/s1. The molecule has 0 bridgehead atoms. The van der Waals surface area contributed by atoms with Crippen LogP contribution in [0.15, 0.2) is 48.5 Å². The molecule has 0 aliphatic carbocycles. The number of halogens is 1. The van der Waals surface area contributed by atoms with Crippen LogP contribution in [0.4, 0.5) is 4.39 Å². The fourth-order valence-electron chi connectivity index (χ4n) is 3.70. The molecule has 4 nitrogen and oxygen atoms in total. The maximum Gasteiger partial charge on any atom is 0.184 e. The summed E-state index contributed by atoms with van der Waals surface area (Å²) in [6.07, 6.45) is 3.41. The molecule has 2 fully saturated rings. The fraction of sp³-hybridized carbons (Fsp3) is 0.478. The van der Waals surface area contributed by atoms with Gasteiger partial charge in [0.1, 0.15) is 17.7 Å². The Labute approximate surface area is 165 Å². The van der Waals surface area contributed by atoms with Crippen molar-refractivity contribution in [1.82, 2.24) is 0 Å². The van der Waals surface area contributed by atoms with Gasteiger partial charge in [0.05, 0.1) is 25.4 Å². The lowest BCUT2D eigenvalue weighted by molar-refractivity contribution is -0.289. The molecule has 0 spiro atoms. The summed E-state index contributed by atoms with van der Waals surface area (Å²) in [6.45, 7) is 3.37. The Morgan fingerprint density at radius 3 is 2.43 bits per heavy atom. The summed E-state index contributed by atoms with van der Waals surface area (Å²) < 4.78 is 37.1. The van der Waals surface area contributed by atoms with E-state index in [0.717, 1.165) is 49.2 Å². The molecule has 0 N–H and O–H groups in total. The third kappa shape index (κ3) is 4.54. The number of rotatable bonds is 6. The molecule has 2 heterocycles. The zero-order valence-electron chi connectivity index (χ0n) is 16.2. The van der Waals surface area contributed by atoms with Crippen LogP contribution in [0.1, 0.15) is 56.1 Å². The predicted octanol–water partition coefficient (Wildman–Crippen LogP) is 5.34. The Balaban J connectivity index is 1.33. The van der Waals surface area contributed by atoms with E-state index in [9.17, 15) is 4.39 Å². The van der Waals surface area contributed by atoms with Crippen molar-refractivity contribution in [2.75, 3.05) is 13.2 Å². The highest BCUT2D eigenvalue weighted by atomic mass is 19.1. The first kappa shape index (κ1) is 19.4. The normalized spacial score (nSPS) is 27.2. The van der Waals surface area contributed by atoms with Crippen LogP contribution in [0.25, 0.3) is 0 Å². The van der Waals surface area contributed by atoms with E-state index >= 15 is 0 Å². The largest absolute Gasteiger partial charge is 0.494 e. The minimum absolute atomic E-state index is 0.0101. The maximum absolute atomic E-state index is 13.1. The van der Waals surface area contributed by atoms with Gasteiger partial charge in [-0.25, -0.2) is 4.39 Å². The number of hydrogen-bond donors (Lipinski definition) is 0. The summed E-state index contributed by atoms with van der Waals surface area (Å²) in [5.74, 6) is 0.639. The van der Waals surface area contributed by atoms with Crippen LogP contribution >= 0.6 is 0 Å². The molecule has 28 heavy (non-hydrogen) atoms. The van der Waals surface area contributed by atoms with E-state index in [1.54, 1.807) is 12.1 Å². The van der Waals surface area contributed by atoms with Gasteiger partial charge in [0, 0.05) is 5.56 Å². The van der Waals surface area contributed by atoms with Gasteiger partial charge in [0.25, 0.3) is 0 Å². The molecule has 0 radical (unpaired) electrons. The topological polar surface area (TPSA) is 36.9 Å². The van der Waals surface area contributed by atoms with Gasteiger partial charge in [0.15, 0.2) is 6.29 Å². The highest BCUT2D eigenvalue weighted by Crippen LogP contribution is 2.38. The van der Waals surface area contributed by atoms with E-state index in [1.165, 1.54) is 12.1 Å². The molecular formula is C23H27FO4. The molecule has 4 atom stereocenters. The second-order valence-electron chi connectivity index (χ2n) is 7.40. The summed E-state index contributed by atoms with van der Waals surface area (Å²) in [7, 11) is 0. The van der Waals surface area contributed by atoms with E-state index in [4.69, 9.17) is 18.9 Å². The second-order valence-corrected chi connectivity index (χ2v) is 7.40. The summed E-state index contributed by atoms with van der Waals surface area (Å²) in [4.78, 5) is 0. The quantitative estimate of drug-likeness (QED) is 0.628. The Bertz CT molecular complexity index is 746. The van der Waals surface area contributed by atoms with Crippen molar-refractivity contribution in [3.63, 3.8) is 0 Å². The molecular weight excluding hydrogens is 359 g/mol. The van der Waals surface area contributed by atoms with Crippen LogP contribution in [0.2, 0.25) is 0 Å². The molecule has 150 valence electrons. The van der Waals surface area contributed by atoms with Crippen molar-refractivity contribution in [2.24, 2.45) is 0 Å². The molecule has 0 saturated carbocycles. The Hall–Kier alpha value is -1.95. The minimum Gasteiger partial charge on any atom is -0.494 e. The summed E-state index contributed by atoms with van der Waals surface area (Å²) in [5, 5.41) is 0. The van der Waals surface area contributed by atoms with Crippen molar-refractivity contribution < 1.29 is 23.3 Å². The SMILES string of the molecule is CCCCOc1ccc(C2OC[C@H]3O[C@@H](c4ccc(F)cc4)CC[C@@H]3O2)cc1. The van der Waals surface area contributed by atoms with Crippen molar-refractivity contribution >= 4 is 0 Å². The van der Waals surface area contributed by atoms with E-state index in [-0.39, 0.29) is 30.4 Å². The van der Waals surface area contributed by atoms with E-state index in [1.807, 2.05) is 24.3 Å². The lowest BCUT2D eigenvalue weighted by Crippen LogP contribution is -2.45. The number of ether oxygens (including phenoxy) is 4. The third-order valence-electron chi connectivity index (χ3n) is 5.34. The number of fused-ring (bicyclic) bond motifs is 1. The molecule has 2 aliphatic rings. The van der Waals surface area contributed by atoms with Crippen molar-refractivity contribution in [3.05, 3.63) is 65.5 Å². The molecule has 0 aromatic heterocycles. The van der Waals surface area contributed by atoms with E-state index < -0.39 is 0 Å². The van der Waals surface area contributed by atoms with Crippen LogP contribution in [0.3, 0.4) is 0 Å². The van der Waals surface area contributed by atoms with Crippen molar-refractivity contribution in [2.45, 2.75) is 57.2 Å². The van der Waals surface area contributed by atoms with Crippen molar-refractivity contribution in [1.29, 1.82) is 0 Å². The zero-order valence-corrected chi connectivity index (χ0v) is 16.2. The monoisotopic (exact) mass is 386 g/mol. The van der Waals surface area contributed by atoms with Gasteiger partial charge in [-0.1, -0.05) is 37.6 Å². The maximum atomic E-state index is 13.1. The Morgan fingerprint density at radius 2 is 1.68 bits per heavy atom. The third-order valence-corrected chi connectivity index (χ3v) is 5.34. The molecule has 0 amide bonds. The van der Waals surface area contributed by atoms with E-state index in [2.05, 4.69) is 6.92 Å². The van der Waals surface area contributed by atoms with Gasteiger partial charge in [-0.3, -0.25) is 0 Å². The molecule has 2 saturated heterocycles. The van der Waals surface area contributed by atoms with Crippen LogP contribution < -0.4 is 4.74 Å². The molecule has 4 rings (SSSR count). The van der Waals surface area contributed by atoms with Gasteiger partial charge >= 0.3 is 0 Å². The van der Waals surface area contributed by atoms with Crippen molar-refractivity contribution in [3.8, 4) is 5.75 Å². The second kappa shape index (κ2) is 9.03. The Morgan fingerprint density at radius 1 is 0.929 bits per heavy atom. The molecule has 5 heteroatoms. The summed E-state index contributed by atoms with van der Waals surface area (Å²) >= 11 is 0. The fourth-order valence-corrected chi connectivity index (χ4v) is 3.70. The predicted molar refractivity (Wildman–Crippen MR) is 104 cm³/mol. The number of hydrogen-bond acceptors (Lipinski definition) is 4. The van der Waals surface area contributed by atoms with Gasteiger partial charge in [-0.2, -0.15) is 0 Å².